The first-order valence-corrected chi connectivity index (χ1v) is 6.13. The molecule has 1 aromatic carbocycles. The van der Waals surface area contributed by atoms with Crippen molar-refractivity contribution < 1.29 is 17.6 Å². The molecular weight excluding hydrogens is 258 g/mol. The predicted molar refractivity (Wildman–Crippen MR) is 67.0 cm³/mol. The molecule has 0 bridgehead atoms. The average molecular weight is 277 g/mol. The van der Waals surface area contributed by atoms with E-state index in [0.29, 0.717) is 12.0 Å². The van der Waals surface area contributed by atoms with Crippen LogP contribution in [0.2, 0.25) is 0 Å². The fraction of sp³-hybridized carbons (Fsp3) is 0.571. The molecular formula is C14H19F4N. The quantitative estimate of drug-likeness (QED) is 0.798. The maximum Gasteiger partial charge on any atom is 0.419 e. The first-order valence-electron chi connectivity index (χ1n) is 6.13. The number of alkyl halides is 3. The molecule has 0 saturated heterocycles. The fourth-order valence-corrected chi connectivity index (χ4v) is 1.75. The number of nitrogens with two attached hydrogens (primary N) is 1. The molecule has 108 valence electrons. The third-order valence-corrected chi connectivity index (χ3v) is 2.93. The first-order chi connectivity index (χ1) is 8.50. The Morgan fingerprint density at radius 3 is 2.21 bits per heavy atom. The number of hydrogen-bond acceptors (Lipinski definition) is 1. The van der Waals surface area contributed by atoms with E-state index in [2.05, 4.69) is 0 Å². The lowest BCUT2D eigenvalue weighted by Gasteiger charge is -2.21. The smallest absolute Gasteiger partial charge is 0.324 e. The van der Waals surface area contributed by atoms with Crippen LogP contribution in [0.3, 0.4) is 0 Å². The van der Waals surface area contributed by atoms with E-state index >= 15 is 0 Å². The summed E-state index contributed by atoms with van der Waals surface area (Å²) in [4.78, 5) is 0. The molecule has 1 unspecified atom stereocenters. The molecule has 0 aliphatic rings. The summed E-state index contributed by atoms with van der Waals surface area (Å²) < 4.78 is 50.9. The highest BCUT2D eigenvalue weighted by molar-refractivity contribution is 5.29. The van der Waals surface area contributed by atoms with E-state index < -0.39 is 23.6 Å². The minimum Gasteiger partial charge on any atom is -0.324 e. The van der Waals surface area contributed by atoms with Crippen molar-refractivity contribution in [3.63, 3.8) is 0 Å². The SMILES string of the molecule is CC(C)(C)CCC(N)c1ccc(F)c(C(F)(F)F)c1. The topological polar surface area (TPSA) is 26.0 Å². The Hall–Kier alpha value is -1.10. The molecule has 0 spiro atoms. The molecule has 1 nitrogen and oxygen atoms in total. The molecule has 1 rings (SSSR count). The standard InChI is InChI=1S/C14H19F4N/c1-13(2,3)7-6-12(19)9-4-5-11(15)10(8-9)14(16,17)18/h4-5,8,12H,6-7,19H2,1-3H3. The molecule has 0 fully saturated rings. The summed E-state index contributed by atoms with van der Waals surface area (Å²) in [5, 5.41) is 0. The molecule has 0 saturated carbocycles. The van der Waals surface area contributed by atoms with Crippen LogP contribution in [0, 0.1) is 11.2 Å². The molecule has 0 heterocycles. The van der Waals surface area contributed by atoms with Crippen LogP contribution in [0.5, 0.6) is 0 Å². The van der Waals surface area contributed by atoms with Gasteiger partial charge in [0.25, 0.3) is 0 Å². The van der Waals surface area contributed by atoms with Gasteiger partial charge in [0.2, 0.25) is 0 Å². The number of rotatable bonds is 3. The zero-order valence-corrected chi connectivity index (χ0v) is 11.3. The summed E-state index contributed by atoms with van der Waals surface area (Å²) in [6.07, 6.45) is -3.34. The monoisotopic (exact) mass is 277 g/mol. The Labute approximate surface area is 110 Å². The molecule has 1 atom stereocenters. The number of hydrogen-bond donors (Lipinski definition) is 1. The summed E-state index contributed by atoms with van der Waals surface area (Å²) in [6, 6.07) is 2.44. The molecule has 0 radical (unpaired) electrons. The van der Waals surface area contributed by atoms with Crippen molar-refractivity contribution in [2.45, 2.75) is 45.8 Å². The Bertz CT molecular complexity index is 432. The van der Waals surface area contributed by atoms with E-state index in [1.165, 1.54) is 6.07 Å². The van der Waals surface area contributed by atoms with Gasteiger partial charge in [-0.3, -0.25) is 0 Å². The first kappa shape index (κ1) is 16.0. The predicted octanol–water partition coefficient (Wildman–Crippen LogP) is 4.67. The highest BCUT2D eigenvalue weighted by Gasteiger charge is 2.34. The zero-order chi connectivity index (χ0) is 14.8. The minimum atomic E-state index is -4.69. The molecule has 2 N–H and O–H groups in total. The van der Waals surface area contributed by atoms with E-state index in [9.17, 15) is 17.6 Å². The van der Waals surface area contributed by atoms with Gasteiger partial charge in [0.15, 0.2) is 0 Å². The van der Waals surface area contributed by atoms with Gasteiger partial charge in [-0.2, -0.15) is 13.2 Å². The van der Waals surface area contributed by atoms with Gasteiger partial charge < -0.3 is 5.73 Å². The fourth-order valence-electron chi connectivity index (χ4n) is 1.75. The lowest BCUT2D eigenvalue weighted by Crippen LogP contribution is -2.16. The molecule has 1 aromatic rings. The zero-order valence-electron chi connectivity index (χ0n) is 11.3. The van der Waals surface area contributed by atoms with Crippen LogP contribution < -0.4 is 5.73 Å². The van der Waals surface area contributed by atoms with Gasteiger partial charge in [0.1, 0.15) is 5.82 Å². The van der Waals surface area contributed by atoms with Gasteiger partial charge in [0.05, 0.1) is 5.56 Å². The summed E-state index contributed by atoms with van der Waals surface area (Å²) in [5.74, 6) is -1.26. The second-order valence-corrected chi connectivity index (χ2v) is 5.94. The van der Waals surface area contributed by atoms with Crippen LogP contribution in [0.4, 0.5) is 17.6 Å². The van der Waals surface area contributed by atoms with E-state index in [1.54, 1.807) is 0 Å². The second kappa shape index (κ2) is 5.49. The van der Waals surface area contributed by atoms with Crippen LogP contribution in [0.15, 0.2) is 18.2 Å². The van der Waals surface area contributed by atoms with Crippen LogP contribution in [0.1, 0.15) is 50.8 Å². The van der Waals surface area contributed by atoms with Crippen LogP contribution in [-0.4, -0.2) is 0 Å². The maximum atomic E-state index is 13.1. The third kappa shape index (κ3) is 4.82. The van der Waals surface area contributed by atoms with E-state index in [0.717, 1.165) is 18.6 Å². The Morgan fingerprint density at radius 2 is 1.74 bits per heavy atom. The van der Waals surface area contributed by atoms with Crippen molar-refractivity contribution in [1.82, 2.24) is 0 Å². The van der Waals surface area contributed by atoms with Gasteiger partial charge in [-0.25, -0.2) is 4.39 Å². The molecule has 19 heavy (non-hydrogen) atoms. The highest BCUT2D eigenvalue weighted by Crippen LogP contribution is 2.34. The van der Waals surface area contributed by atoms with E-state index in [4.69, 9.17) is 5.73 Å². The van der Waals surface area contributed by atoms with Crippen LogP contribution in [-0.2, 0) is 6.18 Å². The molecule has 0 aromatic heterocycles. The Morgan fingerprint density at radius 1 is 1.16 bits per heavy atom. The normalized spacial score (nSPS) is 14.5. The van der Waals surface area contributed by atoms with Crippen molar-refractivity contribution >= 4 is 0 Å². The lowest BCUT2D eigenvalue weighted by atomic mass is 9.87. The van der Waals surface area contributed by atoms with Crippen molar-refractivity contribution in [3.05, 3.63) is 35.1 Å². The van der Waals surface area contributed by atoms with E-state index in [-0.39, 0.29) is 5.41 Å². The summed E-state index contributed by atoms with van der Waals surface area (Å²) in [5.41, 5.74) is 5.00. The van der Waals surface area contributed by atoms with Crippen LogP contribution in [0.25, 0.3) is 0 Å². The average Bonchev–Trinajstić information content (AvgIpc) is 2.24. The largest absolute Gasteiger partial charge is 0.419 e. The second-order valence-electron chi connectivity index (χ2n) is 5.94. The van der Waals surface area contributed by atoms with Gasteiger partial charge in [-0.15, -0.1) is 0 Å². The van der Waals surface area contributed by atoms with Crippen molar-refractivity contribution in [1.29, 1.82) is 0 Å². The van der Waals surface area contributed by atoms with Gasteiger partial charge in [0, 0.05) is 6.04 Å². The minimum absolute atomic E-state index is 0.0600. The summed E-state index contributed by atoms with van der Waals surface area (Å²) >= 11 is 0. The van der Waals surface area contributed by atoms with Gasteiger partial charge >= 0.3 is 6.18 Å². The summed E-state index contributed by atoms with van der Waals surface area (Å²) in [7, 11) is 0. The lowest BCUT2D eigenvalue weighted by molar-refractivity contribution is -0.140. The number of benzene rings is 1. The maximum absolute atomic E-state index is 13.1. The van der Waals surface area contributed by atoms with Crippen molar-refractivity contribution in [2.24, 2.45) is 11.1 Å². The highest BCUT2D eigenvalue weighted by atomic mass is 19.4. The molecule has 0 amide bonds. The number of halogens is 4. The van der Waals surface area contributed by atoms with Gasteiger partial charge in [-0.1, -0.05) is 26.8 Å². The van der Waals surface area contributed by atoms with Crippen molar-refractivity contribution in [3.8, 4) is 0 Å². The molecule has 0 aliphatic carbocycles. The van der Waals surface area contributed by atoms with Crippen LogP contribution >= 0.6 is 0 Å². The Balaban J connectivity index is 2.90. The van der Waals surface area contributed by atoms with Crippen molar-refractivity contribution in [2.75, 3.05) is 0 Å². The molecule has 5 heteroatoms. The van der Waals surface area contributed by atoms with Gasteiger partial charge in [-0.05, 0) is 36.0 Å². The third-order valence-electron chi connectivity index (χ3n) is 2.93. The molecule has 0 aliphatic heterocycles. The summed E-state index contributed by atoms with van der Waals surface area (Å²) in [6.45, 7) is 6.10. The van der Waals surface area contributed by atoms with E-state index in [1.807, 2.05) is 20.8 Å². The Kier molecular flexibility index (Phi) is 4.61.